The molecular weight excluding hydrogens is 176 g/mol. The number of hydrogen-bond acceptors (Lipinski definition) is 3. The maximum Gasteiger partial charge on any atom is 0.0472 e. The molecule has 0 unspecified atom stereocenters. The molecule has 14 heavy (non-hydrogen) atoms. The fourth-order valence-corrected chi connectivity index (χ4v) is 2.25. The van der Waals surface area contributed by atoms with Crippen LogP contribution in [0.25, 0.3) is 0 Å². The lowest BCUT2D eigenvalue weighted by Gasteiger charge is -2.39. The zero-order valence-electron chi connectivity index (χ0n) is 9.81. The summed E-state index contributed by atoms with van der Waals surface area (Å²) in [6, 6.07) is 0. The van der Waals surface area contributed by atoms with Crippen molar-refractivity contribution in [3.63, 3.8) is 0 Å². The molecule has 0 aliphatic carbocycles. The summed E-state index contributed by atoms with van der Waals surface area (Å²) >= 11 is 0. The lowest BCUT2D eigenvalue weighted by atomic mass is 9.79. The van der Waals surface area contributed by atoms with Gasteiger partial charge in [0.15, 0.2) is 0 Å². The van der Waals surface area contributed by atoms with Gasteiger partial charge in [-0.2, -0.15) is 0 Å². The van der Waals surface area contributed by atoms with Crippen LogP contribution in [0.15, 0.2) is 0 Å². The molecule has 1 aliphatic heterocycles. The van der Waals surface area contributed by atoms with Gasteiger partial charge in [0.25, 0.3) is 0 Å². The molecule has 1 aliphatic rings. The molecule has 0 bridgehead atoms. The standard InChI is InChI=1S/C11H24N2O/c1-4-13(3)10-11(9-12-2)5-7-14-8-6-11/h12H,4-10H2,1-3H3. The molecule has 0 saturated carbocycles. The Morgan fingerprint density at radius 2 is 2.00 bits per heavy atom. The topological polar surface area (TPSA) is 24.5 Å². The summed E-state index contributed by atoms with van der Waals surface area (Å²) in [5, 5.41) is 3.33. The van der Waals surface area contributed by atoms with Crippen LogP contribution < -0.4 is 5.32 Å². The van der Waals surface area contributed by atoms with Crippen LogP contribution in [0.4, 0.5) is 0 Å². The van der Waals surface area contributed by atoms with Gasteiger partial charge in [0.05, 0.1) is 0 Å². The summed E-state index contributed by atoms with van der Waals surface area (Å²) in [7, 11) is 4.25. The molecule has 0 amide bonds. The van der Waals surface area contributed by atoms with Crippen molar-refractivity contribution >= 4 is 0 Å². The van der Waals surface area contributed by atoms with Gasteiger partial charge in [0.1, 0.15) is 0 Å². The van der Waals surface area contributed by atoms with E-state index in [1.54, 1.807) is 0 Å². The molecule has 3 heteroatoms. The van der Waals surface area contributed by atoms with Crippen molar-refractivity contribution in [2.45, 2.75) is 19.8 Å². The highest BCUT2D eigenvalue weighted by Gasteiger charge is 2.32. The largest absolute Gasteiger partial charge is 0.381 e. The highest BCUT2D eigenvalue weighted by molar-refractivity contribution is 4.86. The van der Waals surface area contributed by atoms with Crippen molar-refractivity contribution in [3.8, 4) is 0 Å². The van der Waals surface area contributed by atoms with E-state index < -0.39 is 0 Å². The van der Waals surface area contributed by atoms with E-state index >= 15 is 0 Å². The molecule has 0 spiro atoms. The van der Waals surface area contributed by atoms with Gasteiger partial charge in [0.2, 0.25) is 0 Å². The first-order chi connectivity index (χ1) is 6.72. The molecule has 3 nitrogen and oxygen atoms in total. The van der Waals surface area contributed by atoms with Gasteiger partial charge >= 0.3 is 0 Å². The summed E-state index contributed by atoms with van der Waals surface area (Å²) in [4.78, 5) is 2.41. The van der Waals surface area contributed by atoms with Crippen LogP contribution in [0.2, 0.25) is 0 Å². The van der Waals surface area contributed by atoms with Crippen molar-refractivity contribution in [3.05, 3.63) is 0 Å². The maximum absolute atomic E-state index is 5.44. The van der Waals surface area contributed by atoms with Gasteiger partial charge in [-0.1, -0.05) is 6.92 Å². The Hall–Kier alpha value is -0.120. The third kappa shape index (κ3) is 3.23. The zero-order valence-corrected chi connectivity index (χ0v) is 9.81. The quantitative estimate of drug-likeness (QED) is 0.715. The Morgan fingerprint density at radius 3 is 2.50 bits per heavy atom. The smallest absolute Gasteiger partial charge is 0.0472 e. The van der Waals surface area contributed by atoms with Crippen molar-refractivity contribution in [2.24, 2.45) is 5.41 Å². The second-order valence-electron chi connectivity index (χ2n) is 4.47. The summed E-state index contributed by atoms with van der Waals surface area (Å²) in [6.07, 6.45) is 2.39. The van der Waals surface area contributed by atoms with Crippen molar-refractivity contribution in [2.75, 3.05) is 46.9 Å². The van der Waals surface area contributed by atoms with Gasteiger partial charge in [-0.05, 0) is 38.9 Å². The van der Waals surface area contributed by atoms with Gasteiger partial charge in [-0.25, -0.2) is 0 Å². The van der Waals surface area contributed by atoms with Crippen LogP contribution in [0.1, 0.15) is 19.8 Å². The Kier molecular flexibility index (Phi) is 4.85. The van der Waals surface area contributed by atoms with Gasteiger partial charge < -0.3 is 15.0 Å². The van der Waals surface area contributed by atoms with Gasteiger partial charge in [-0.15, -0.1) is 0 Å². The van der Waals surface area contributed by atoms with E-state index in [4.69, 9.17) is 4.74 Å². The second-order valence-corrected chi connectivity index (χ2v) is 4.47. The van der Waals surface area contributed by atoms with Crippen LogP contribution in [-0.4, -0.2) is 51.8 Å². The Labute approximate surface area is 87.8 Å². The summed E-state index contributed by atoms with van der Waals surface area (Å²) in [5.41, 5.74) is 0.442. The van der Waals surface area contributed by atoms with Crippen molar-refractivity contribution in [1.82, 2.24) is 10.2 Å². The minimum atomic E-state index is 0.442. The third-order valence-corrected chi connectivity index (χ3v) is 3.25. The molecule has 0 aromatic rings. The number of nitrogens with one attached hydrogen (secondary N) is 1. The molecular formula is C11H24N2O. The monoisotopic (exact) mass is 200 g/mol. The van der Waals surface area contributed by atoms with Gasteiger partial charge in [0, 0.05) is 26.3 Å². The SMILES string of the molecule is CCN(C)CC1(CNC)CCOCC1. The van der Waals surface area contributed by atoms with Crippen LogP contribution >= 0.6 is 0 Å². The Bertz CT molecular complexity index is 150. The van der Waals surface area contributed by atoms with Crippen LogP contribution in [0.5, 0.6) is 0 Å². The molecule has 1 fully saturated rings. The van der Waals surface area contributed by atoms with E-state index in [0.717, 1.165) is 26.3 Å². The fourth-order valence-electron chi connectivity index (χ4n) is 2.25. The van der Waals surface area contributed by atoms with Crippen molar-refractivity contribution in [1.29, 1.82) is 0 Å². The average Bonchev–Trinajstić information content (AvgIpc) is 2.19. The maximum atomic E-state index is 5.44. The lowest BCUT2D eigenvalue weighted by Crippen LogP contribution is -2.45. The normalized spacial score (nSPS) is 21.4. The van der Waals surface area contributed by atoms with E-state index in [0.29, 0.717) is 5.41 Å². The first-order valence-electron chi connectivity index (χ1n) is 5.63. The van der Waals surface area contributed by atoms with Crippen LogP contribution in [0.3, 0.4) is 0 Å². The molecule has 0 radical (unpaired) electrons. The number of hydrogen-bond donors (Lipinski definition) is 1. The minimum absolute atomic E-state index is 0.442. The highest BCUT2D eigenvalue weighted by atomic mass is 16.5. The van der Waals surface area contributed by atoms with E-state index in [9.17, 15) is 0 Å². The number of ether oxygens (including phenoxy) is 1. The molecule has 0 aromatic heterocycles. The van der Waals surface area contributed by atoms with Crippen molar-refractivity contribution < 1.29 is 4.74 Å². The molecule has 84 valence electrons. The molecule has 1 N–H and O–H groups in total. The molecule has 0 atom stereocenters. The molecule has 1 rings (SSSR count). The fraction of sp³-hybridized carbons (Fsp3) is 1.00. The van der Waals surface area contributed by atoms with Gasteiger partial charge in [-0.3, -0.25) is 0 Å². The van der Waals surface area contributed by atoms with E-state index in [1.807, 2.05) is 7.05 Å². The van der Waals surface area contributed by atoms with Crippen LogP contribution in [-0.2, 0) is 4.74 Å². The highest BCUT2D eigenvalue weighted by Crippen LogP contribution is 2.30. The lowest BCUT2D eigenvalue weighted by molar-refractivity contribution is 0.000987. The minimum Gasteiger partial charge on any atom is -0.381 e. The first-order valence-corrected chi connectivity index (χ1v) is 5.63. The Morgan fingerprint density at radius 1 is 1.36 bits per heavy atom. The molecule has 1 heterocycles. The molecule has 1 saturated heterocycles. The summed E-state index contributed by atoms with van der Waals surface area (Å²) in [5.74, 6) is 0. The zero-order chi connectivity index (χ0) is 10.4. The van der Waals surface area contributed by atoms with E-state index in [2.05, 4.69) is 24.2 Å². The predicted octanol–water partition coefficient (Wildman–Crippen LogP) is 0.954. The number of rotatable bonds is 5. The van der Waals surface area contributed by atoms with E-state index in [1.165, 1.54) is 19.4 Å². The second kappa shape index (κ2) is 5.69. The average molecular weight is 200 g/mol. The first kappa shape index (κ1) is 12.0. The number of nitrogens with zero attached hydrogens (tertiary/aromatic N) is 1. The third-order valence-electron chi connectivity index (χ3n) is 3.25. The summed E-state index contributed by atoms with van der Waals surface area (Å²) in [6.45, 7) is 7.51. The summed E-state index contributed by atoms with van der Waals surface area (Å²) < 4.78 is 5.44. The predicted molar refractivity (Wildman–Crippen MR) is 59.6 cm³/mol. The Balaban J connectivity index is 2.50. The molecule has 0 aromatic carbocycles. The van der Waals surface area contributed by atoms with E-state index in [-0.39, 0.29) is 0 Å². The van der Waals surface area contributed by atoms with Crippen LogP contribution in [0, 0.1) is 5.41 Å².